The summed E-state index contributed by atoms with van der Waals surface area (Å²) in [4.78, 5) is 23.7. The van der Waals surface area contributed by atoms with Crippen LogP contribution in [0, 0.1) is 0 Å². The van der Waals surface area contributed by atoms with E-state index in [2.05, 4.69) is 0 Å². The molecule has 0 bridgehead atoms. The van der Waals surface area contributed by atoms with Crippen LogP contribution in [0.1, 0.15) is 32.8 Å². The van der Waals surface area contributed by atoms with Crippen LogP contribution in [0.4, 0.5) is 0 Å². The molecule has 5 nitrogen and oxygen atoms in total. The summed E-state index contributed by atoms with van der Waals surface area (Å²) < 4.78 is 8.87. The van der Waals surface area contributed by atoms with Gasteiger partial charge in [0.1, 0.15) is 12.2 Å². The maximum Gasteiger partial charge on any atom is 0.337 e. The summed E-state index contributed by atoms with van der Waals surface area (Å²) in [7, 11) is 0. The summed E-state index contributed by atoms with van der Waals surface area (Å²) >= 11 is 1.71. The Balaban J connectivity index is 2.50. The van der Waals surface area contributed by atoms with Gasteiger partial charge in [0.05, 0.1) is 6.42 Å². The molecule has 0 aliphatic heterocycles. The lowest BCUT2D eigenvalue weighted by molar-refractivity contribution is -0.161. The number of benzene rings is 1. The zero-order chi connectivity index (χ0) is 16.1. The van der Waals surface area contributed by atoms with E-state index in [4.69, 9.17) is 15.2 Å². The molecule has 0 aliphatic rings. The number of hydrogen-bond donors (Lipinski definition) is 1. The molecule has 0 saturated heterocycles. The van der Waals surface area contributed by atoms with Gasteiger partial charge in [-0.15, -0.1) is 0 Å². The zero-order valence-corrected chi connectivity index (χ0v) is 14.5. The molecule has 0 amide bonds. The topological polar surface area (TPSA) is 78.6 Å². The van der Waals surface area contributed by atoms with Gasteiger partial charge in [-0.2, -0.15) is 0 Å². The SMILES string of the molecule is CC(C)(C)OC(=O)[C@](N)(I)CC(=O)OCc1ccccc1. The molecular formula is C15H20INO4. The number of carbonyl (C=O) groups excluding carboxylic acids is 2. The van der Waals surface area contributed by atoms with E-state index < -0.39 is 21.1 Å². The third kappa shape index (κ3) is 6.90. The summed E-state index contributed by atoms with van der Waals surface area (Å²) in [5.41, 5.74) is 6.07. The minimum Gasteiger partial charge on any atom is -0.461 e. The molecule has 0 unspecified atom stereocenters. The highest BCUT2D eigenvalue weighted by molar-refractivity contribution is 14.1. The van der Waals surface area contributed by atoms with Crippen LogP contribution < -0.4 is 5.73 Å². The van der Waals surface area contributed by atoms with Gasteiger partial charge in [0.15, 0.2) is 3.55 Å². The van der Waals surface area contributed by atoms with E-state index in [9.17, 15) is 9.59 Å². The lowest BCUT2D eigenvalue weighted by Gasteiger charge is -2.26. The number of alkyl halides is 1. The molecule has 6 heteroatoms. The van der Waals surface area contributed by atoms with Gasteiger partial charge in [0.2, 0.25) is 0 Å². The molecule has 1 aromatic carbocycles. The monoisotopic (exact) mass is 405 g/mol. The van der Waals surface area contributed by atoms with Gasteiger partial charge in [-0.1, -0.05) is 30.3 Å². The van der Waals surface area contributed by atoms with Crippen LogP contribution in [0.25, 0.3) is 0 Å². The number of hydrogen-bond acceptors (Lipinski definition) is 5. The largest absolute Gasteiger partial charge is 0.461 e. The first-order valence-corrected chi connectivity index (χ1v) is 7.59. The Labute approximate surface area is 138 Å². The Hall–Kier alpha value is -1.15. The summed E-state index contributed by atoms with van der Waals surface area (Å²) in [5.74, 6) is -1.17. The van der Waals surface area contributed by atoms with Gasteiger partial charge < -0.3 is 15.2 Å². The number of ether oxygens (including phenoxy) is 2. The minimum absolute atomic E-state index is 0.153. The van der Waals surface area contributed by atoms with Crippen molar-refractivity contribution in [3.63, 3.8) is 0 Å². The summed E-state index contributed by atoms with van der Waals surface area (Å²) in [6.45, 7) is 5.38. The number of carbonyl (C=O) groups is 2. The average molecular weight is 405 g/mol. The lowest BCUT2D eigenvalue weighted by atomic mass is 10.1. The molecule has 1 rings (SSSR count). The normalized spacial score (nSPS) is 14.1. The fourth-order valence-corrected chi connectivity index (χ4v) is 1.86. The van der Waals surface area contributed by atoms with Crippen LogP contribution in [-0.2, 0) is 25.7 Å². The first-order valence-electron chi connectivity index (χ1n) is 6.51. The Morgan fingerprint density at radius 2 is 1.76 bits per heavy atom. The molecule has 1 aromatic rings. The van der Waals surface area contributed by atoms with E-state index in [1.165, 1.54) is 0 Å². The zero-order valence-electron chi connectivity index (χ0n) is 12.4. The molecule has 1 atom stereocenters. The van der Waals surface area contributed by atoms with Crippen molar-refractivity contribution >= 4 is 34.5 Å². The van der Waals surface area contributed by atoms with Gasteiger partial charge in [0.25, 0.3) is 0 Å². The lowest BCUT2D eigenvalue weighted by Crippen LogP contribution is -2.47. The van der Waals surface area contributed by atoms with Crippen LogP contribution >= 0.6 is 22.6 Å². The van der Waals surface area contributed by atoms with Crippen LogP contribution in [0.5, 0.6) is 0 Å². The van der Waals surface area contributed by atoms with Crippen molar-refractivity contribution < 1.29 is 19.1 Å². The fourth-order valence-electron chi connectivity index (χ4n) is 1.43. The second kappa shape index (κ2) is 7.22. The number of esters is 2. The molecule has 116 valence electrons. The highest BCUT2D eigenvalue weighted by Gasteiger charge is 2.38. The Bertz CT molecular complexity index is 494. The highest BCUT2D eigenvalue weighted by Crippen LogP contribution is 2.22. The van der Waals surface area contributed by atoms with E-state index in [-0.39, 0.29) is 13.0 Å². The van der Waals surface area contributed by atoms with Crippen molar-refractivity contribution in [3.8, 4) is 0 Å². The van der Waals surface area contributed by atoms with Crippen LogP contribution in [0.2, 0.25) is 0 Å². The second-order valence-electron chi connectivity index (χ2n) is 5.69. The van der Waals surface area contributed by atoms with Gasteiger partial charge in [-0.25, -0.2) is 4.79 Å². The van der Waals surface area contributed by atoms with E-state index in [0.717, 1.165) is 5.56 Å². The molecule has 0 heterocycles. The van der Waals surface area contributed by atoms with Gasteiger partial charge >= 0.3 is 11.9 Å². The number of nitrogens with two attached hydrogens (primary N) is 1. The van der Waals surface area contributed by atoms with Crippen molar-refractivity contribution in [3.05, 3.63) is 35.9 Å². The van der Waals surface area contributed by atoms with E-state index >= 15 is 0 Å². The molecule has 0 spiro atoms. The van der Waals surface area contributed by atoms with Gasteiger partial charge in [0, 0.05) is 0 Å². The van der Waals surface area contributed by atoms with Gasteiger partial charge in [-0.05, 0) is 48.9 Å². The first-order chi connectivity index (χ1) is 9.60. The highest BCUT2D eigenvalue weighted by atomic mass is 127. The fraction of sp³-hybridized carbons (Fsp3) is 0.467. The predicted molar refractivity (Wildman–Crippen MR) is 87.6 cm³/mol. The van der Waals surface area contributed by atoms with Crippen LogP contribution in [-0.4, -0.2) is 21.1 Å². The third-order valence-electron chi connectivity index (χ3n) is 2.38. The standard InChI is InChI=1S/C15H20INO4/c1-14(2,3)21-13(19)15(16,17)9-12(18)20-10-11-7-5-4-6-8-11/h4-8H,9-10,17H2,1-3H3/t15-/m0/s1. The van der Waals surface area contributed by atoms with Crippen molar-refractivity contribution in [2.24, 2.45) is 5.73 Å². The Morgan fingerprint density at radius 1 is 1.19 bits per heavy atom. The molecule has 2 N–H and O–H groups in total. The first kappa shape index (κ1) is 17.9. The van der Waals surface area contributed by atoms with Crippen molar-refractivity contribution in [1.29, 1.82) is 0 Å². The molecule has 0 aromatic heterocycles. The second-order valence-corrected chi connectivity index (χ2v) is 7.61. The maximum atomic E-state index is 11.9. The quantitative estimate of drug-likeness (QED) is 0.353. The molecule has 0 aliphatic carbocycles. The molecule has 0 fully saturated rings. The van der Waals surface area contributed by atoms with Gasteiger partial charge in [-0.3, -0.25) is 4.79 Å². The van der Waals surface area contributed by atoms with Crippen molar-refractivity contribution in [2.75, 3.05) is 0 Å². The molecule has 21 heavy (non-hydrogen) atoms. The Kier molecular flexibility index (Phi) is 6.15. The smallest absolute Gasteiger partial charge is 0.337 e. The van der Waals surface area contributed by atoms with E-state index in [0.29, 0.717) is 0 Å². The van der Waals surface area contributed by atoms with E-state index in [1.54, 1.807) is 43.4 Å². The van der Waals surface area contributed by atoms with Crippen LogP contribution in [0.3, 0.4) is 0 Å². The average Bonchev–Trinajstić information content (AvgIpc) is 2.35. The van der Waals surface area contributed by atoms with Crippen LogP contribution in [0.15, 0.2) is 30.3 Å². The predicted octanol–water partition coefficient (Wildman–Crippen LogP) is 2.55. The summed E-state index contributed by atoms with van der Waals surface area (Å²) in [6, 6.07) is 9.29. The number of rotatable bonds is 5. The van der Waals surface area contributed by atoms with Crippen molar-refractivity contribution in [2.45, 2.75) is 42.9 Å². The minimum atomic E-state index is -1.43. The molecule has 0 radical (unpaired) electrons. The summed E-state index contributed by atoms with van der Waals surface area (Å²) in [6.07, 6.45) is -0.241. The molecular weight excluding hydrogens is 385 g/mol. The maximum absolute atomic E-state index is 11.9. The molecule has 0 saturated carbocycles. The third-order valence-corrected chi connectivity index (χ3v) is 3.20. The van der Waals surface area contributed by atoms with E-state index in [1.807, 2.05) is 30.3 Å². The number of halogens is 1. The summed E-state index contributed by atoms with van der Waals surface area (Å²) in [5, 5.41) is 0. The van der Waals surface area contributed by atoms with Crippen molar-refractivity contribution in [1.82, 2.24) is 0 Å². The Morgan fingerprint density at radius 3 is 2.29 bits per heavy atom.